The van der Waals surface area contributed by atoms with Gasteiger partial charge in [-0.25, -0.2) is 0 Å². The zero-order valence-electron chi connectivity index (χ0n) is 44.8. The van der Waals surface area contributed by atoms with Gasteiger partial charge in [0.15, 0.2) is 6.10 Å². The lowest BCUT2D eigenvalue weighted by molar-refractivity contribution is -0.167. The Kier molecular flexibility index (Phi) is 53.4. The quantitative estimate of drug-likeness (QED) is 0.0199. The number of hydrogen-bond donors (Lipinski definition) is 0. The molecule has 0 aromatic heterocycles. The molecule has 0 aliphatic carbocycles. The second-order valence-electron chi connectivity index (χ2n) is 18.5. The minimum Gasteiger partial charge on any atom is -0.462 e. The van der Waals surface area contributed by atoms with Crippen LogP contribution >= 0.6 is 0 Å². The van der Waals surface area contributed by atoms with Crippen molar-refractivity contribution in [3.8, 4) is 0 Å². The van der Waals surface area contributed by atoms with Crippen molar-refractivity contribution >= 4 is 17.9 Å². The summed E-state index contributed by atoms with van der Waals surface area (Å²) in [5.74, 6) is -0.959. The maximum absolute atomic E-state index is 12.9. The van der Waals surface area contributed by atoms with Crippen molar-refractivity contribution in [2.24, 2.45) is 0 Å². The van der Waals surface area contributed by atoms with Crippen LogP contribution in [-0.4, -0.2) is 37.2 Å². The topological polar surface area (TPSA) is 78.9 Å². The van der Waals surface area contributed by atoms with Crippen LogP contribution in [0, 0.1) is 0 Å². The summed E-state index contributed by atoms with van der Waals surface area (Å²) in [7, 11) is 0. The highest BCUT2D eigenvalue weighted by Gasteiger charge is 2.19. The van der Waals surface area contributed by atoms with Crippen LogP contribution in [-0.2, 0) is 28.6 Å². The van der Waals surface area contributed by atoms with Crippen molar-refractivity contribution in [2.75, 3.05) is 13.2 Å². The van der Waals surface area contributed by atoms with Crippen molar-refractivity contribution in [2.45, 2.75) is 258 Å². The lowest BCUT2D eigenvalue weighted by Crippen LogP contribution is -2.30. The summed E-state index contributed by atoms with van der Waals surface area (Å²) in [6, 6.07) is 0. The molecule has 0 radical (unpaired) electrons. The molecule has 392 valence electrons. The number of carbonyl (C=O) groups excluding carboxylic acids is 3. The number of esters is 3. The lowest BCUT2D eigenvalue weighted by atomic mass is 10.1. The second kappa shape index (κ2) is 56.7. The summed E-state index contributed by atoms with van der Waals surface area (Å²) in [5, 5.41) is 0. The lowest BCUT2D eigenvalue weighted by Gasteiger charge is -2.18. The standard InChI is InChI=1S/C63H104O6/c1-4-7-10-13-16-19-22-25-27-29-31-33-35-38-41-44-47-50-53-56-62(65)68-59-60(58-67-61(64)55-52-49-46-43-40-37-24-21-18-15-12-9-6-3)69-63(66)57-54-51-48-45-42-39-36-34-32-30-28-26-23-20-17-14-11-8-5-2/h7,9-10,12,15-16,18-19,21,24-25,27,30-33,38,41,60H,4-6,8,11,13-14,17,20,22-23,26,28-29,34-37,39-40,42-59H2,1-3H3/b10-7-,12-9-,18-15-,19-16-,24-21-,27-25-,32-30-,33-31-,41-38-. The van der Waals surface area contributed by atoms with Crippen LogP contribution in [0.3, 0.4) is 0 Å². The molecule has 0 aliphatic rings. The molecule has 1 atom stereocenters. The molecule has 0 heterocycles. The van der Waals surface area contributed by atoms with E-state index in [2.05, 4.69) is 130 Å². The van der Waals surface area contributed by atoms with Gasteiger partial charge in [-0.05, 0) is 109 Å². The first-order valence-corrected chi connectivity index (χ1v) is 28.4. The van der Waals surface area contributed by atoms with E-state index in [9.17, 15) is 14.4 Å². The van der Waals surface area contributed by atoms with Crippen LogP contribution in [0.2, 0.25) is 0 Å². The number of allylic oxidation sites excluding steroid dienone is 18. The maximum atomic E-state index is 12.9. The summed E-state index contributed by atoms with van der Waals surface area (Å²) in [6.07, 6.45) is 76.5. The first-order valence-electron chi connectivity index (χ1n) is 28.4. The number of carbonyl (C=O) groups is 3. The van der Waals surface area contributed by atoms with Crippen LogP contribution in [0.15, 0.2) is 109 Å². The van der Waals surface area contributed by atoms with Crippen LogP contribution in [0.1, 0.15) is 252 Å². The Morgan fingerprint density at radius 1 is 0.319 bits per heavy atom. The van der Waals surface area contributed by atoms with E-state index in [1.807, 2.05) is 0 Å². The number of hydrogen-bond acceptors (Lipinski definition) is 6. The molecule has 0 rings (SSSR count). The average Bonchev–Trinajstić information content (AvgIpc) is 3.35. The van der Waals surface area contributed by atoms with E-state index in [1.54, 1.807) is 0 Å². The Morgan fingerprint density at radius 2 is 0.638 bits per heavy atom. The third-order valence-corrected chi connectivity index (χ3v) is 11.8. The third kappa shape index (κ3) is 54.9. The Bertz CT molecular complexity index is 1420. The third-order valence-electron chi connectivity index (χ3n) is 11.8. The monoisotopic (exact) mass is 957 g/mol. The first kappa shape index (κ1) is 65.1. The highest BCUT2D eigenvalue weighted by atomic mass is 16.6. The van der Waals surface area contributed by atoms with Crippen molar-refractivity contribution in [3.05, 3.63) is 109 Å². The summed E-state index contributed by atoms with van der Waals surface area (Å²) in [6.45, 7) is 6.35. The smallest absolute Gasteiger partial charge is 0.306 e. The van der Waals surface area contributed by atoms with Gasteiger partial charge in [0.25, 0.3) is 0 Å². The number of rotatable bonds is 50. The van der Waals surface area contributed by atoms with Crippen LogP contribution < -0.4 is 0 Å². The number of ether oxygens (including phenoxy) is 3. The minimum absolute atomic E-state index is 0.103. The Morgan fingerprint density at radius 3 is 1.07 bits per heavy atom. The zero-order chi connectivity index (χ0) is 50.0. The fraction of sp³-hybridized carbons (Fsp3) is 0.667. The average molecular weight is 958 g/mol. The van der Waals surface area contributed by atoms with Gasteiger partial charge in [0.2, 0.25) is 0 Å². The van der Waals surface area contributed by atoms with Gasteiger partial charge >= 0.3 is 17.9 Å². The molecule has 0 saturated carbocycles. The van der Waals surface area contributed by atoms with Crippen LogP contribution in [0.25, 0.3) is 0 Å². The van der Waals surface area contributed by atoms with Crippen molar-refractivity contribution in [3.63, 3.8) is 0 Å². The first-order chi connectivity index (χ1) is 34.0. The molecule has 6 heteroatoms. The molecule has 0 fully saturated rings. The Balaban J connectivity index is 4.46. The van der Waals surface area contributed by atoms with Gasteiger partial charge in [-0.2, -0.15) is 0 Å². The largest absolute Gasteiger partial charge is 0.462 e. The van der Waals surface area contributed by atoms with Gasteiger partial charge < -0.3 is 14.2 Å². The Hall–Kier alpha value is -3.93. The van der Waals surface area contributed by atoms with Crippen molar-refractivity contribution < 1.29 is 28.6 Å². The van der Waals surface area contributed by atoms with Gasteiger partial charge in [0.05, 0.1) is 0 Å². The van der Waals surface area contributed by atoms with Gasteiger partial charge in [0, 0.05) is 19.3 Å². The zero-order valence-corrected chi connectivity index (χ0v) is 44.8. The summed E-state index contributed by atoms with van der Waals surface area (Å²) >= 11 is 0. The highest BCUT2D eigenvalue weighted by molar-refractivity contribution is 5.71. The maximum Gasteiger partial charge on any atom is 0.306 e. The van der Waals surface area contributed by atoms with Gasteiger partial charge in [-0.1, -0.05) is 233 Å². The summed E-state index contributed by atoms with van der Waals surface area (Å²) < 4.78 is 16.8. The predicted octanol–water partition coefficient (Wildman–Crippen LogP) is 19.1. The molecule has 0 aromatic rings. The normalized spacial score (nSPS) is 12.9. The van der Waals surface area contributed by atoms with E-state index < -0.39 is 6.10 Å². The van der Waals surface area contributed by atoms with E-state index in [0.29, 0.717) is 19.3 Å². The molecule has 0 N–H and O–H groups in total. The van der Waals surface area contributed by atoms with Gasteiger partial charge in [-0.3, -0.25) is 14.4 Å². The van der Waals surface area contributed by atoms with Crippen LogP contribution in [0.5, 0.6) is 0 Å². The molecule has 0 amide bonds. The number of unbranched alkanes of at least 4 members (excludes halogenated alkanes) is 23. The molecule has 1 unspecified atom stereocenters. The van der Waals surface area contributed by atoms with E-state index in [4.69, 9.17) is 14.2 Å². The predicted molar refractivity (Wildman–Crippen MR) is 297 cm³/mol. The van der Waals surface area contributed by atoms with Crippen molar-refractivity contribution in [1.29, 1.82) is 0 Å². The van der Waals surface area contributed by atoms with E-state index >= 15 is 0 Å². The van der Waals surface area contributed by atoms with Crippen molar-refractivity contribution in [1.82, 2.24) is 0 Å². The fourth-order valence-corrected chi connectivity index (χ4v) is 7.58. The molecule has 0 saturated heterocycles. The Labute approximate surface area is 425 Å². The summed E-state index contributed by atoms with van der Waals surface area (Å²) in [5.41, 5.74) is 0. The fourth-order valence-electron chi connectivity index (χ4n) is 7.58. The molecular formula is C63H104O6. The van der Waals surface area contributed by atoms with Gasteiger partial charge in [0.1, 0.15) is 13.2 Å². The SMILES string of the molecule is CC\C=C/C=C\C=C/CCCCCCCC(=O)OCC(COC(=O)CCCCC/C=C\C/C=C\C/C=C\C/C=C\C/C=C\CC)OC(=O)CCCCCCCCC/C=C\CCCCCCCCCC. The van der Waals surface area contributed by atoms with E-state index in [-0.39, 0.29) is 31.1 Å². The molecule has 0 aliphatic heterocycles. The minimum atomic E-state index is -0.805. The second-order valence-corrected chi connectivity index (χ2v) is 18.5. The van der Waals surface area contributed by atoms with E-state index in [0.717, 1.165) is 122 Å². The summed E-state index contributed by atoms with van der Waals surface area (Å²) in [4.78, 5) is 38.1. The molecule has 0 spiro atoms. The van der Waals surface area contributed by atoms with Crippen LogP contribution in [0.4, 0.5) is 0 Å². The molecule has 0 aromatic carbocycles. The van der Waals surface area contributed by atoms with Gasteiger partial charge in [-0.15, -0.1) is 0 Å². The highest BCUT2D eigenvalue weighted by Crippen LogP contribution is 2.14. The molecule has 6 nitrogen and oxygen atoms in total. The molecule has 69 heavy (non-hydrogen) atoms. The molecule has 0 bridgehead atoms. The molecular weight excluding hydrogens is 853 g/mol. The van der Waals surface area contributed by atoms with E-state index in [1.165, 1.54) is 89.9 Å².